The highest BCUT2D eigenvalue weighted by atomic mass is 35.5. The highest BCUT2D eigenvalue weighted by molar-refractivity contribution is 6.21. The number of methoxy groups -OCH3 is 1. The maximum absolute atomic E-state index is 5.87. The number of halogens is 1. The number of nitrogens with zero attached hydrogens (tertiary/aromatic N) is 2. The van der Waals surface area contributed by atoms with Crippen molar-refractivity contribution in [2.75, 3.05) is 12.4 Å². The number of anilines is 1. The van der Waals surface area contributed by atoms with Crippen molar-refractivity contribution in [1.82, 2.24) is 9.97 Å². The molecule has 0 saturated heterocycles. The molecule has 1 fully saturated rings. The summed E-state index contributed by atoms with van der Waals surface area (Å²) in [5.41, 5.74) is 0. The molecule has 1 saturated carbocycles. The van der Waals surface area contributed by atoms with Gasteiger partial charge in [-0.2, -0.15) is 4.98 Å². The molecule has 4 nitrogen and oxygen atoms in total. The average molecular weight is 214 g/mol. The SMILES string of the molecule is COc1cncc(NC2CC(Cl)C2)n1. The Balaban J connectivity index is 1.95. The van der Waals surface area contributed by atoms with E-state index in [0.717, 1.165) is 18.7 Å². The molecule has 1 aromatic rings. The third kappa shape index (κ3) is 2.07. The summed E-state index contributed by atoms with van der Waals surface area (Å²) in [6, 6.07) is 0.430. The van der Waals surface area contributed by atoms with Gasteiger partial charge >= 0.3 is 0 Å². The van der Waals surface area contributed by atoms with Gasteiger partial charge < -0.3 is 10.1 Å². The van der Waals surface area contributed by atoms with Crippen LogP contribution in [0.5, 0.6) is 5.88 Å². The Morgan fingerprint density at radius 1 is 1.50 bits per heavy atom. The molecule has 14 heavy (non-hydrogen) atoms. The van der Waals surface area contributed by atoms with Crippen molar-refractivity contribution in [3.05, 3.63) is 12.4 Å². The summed E-state index contributed by atoms with van der Waals surface area (Å²) in [5.74, 6) is 1.27. The topological polar surface area (TPSA) is 47.0 Å². The van der Waals surface area contributed by atoms with Crippen LogP contribution in [0.1, 0.15) is 12.8 Å². The van der Waals surface area contributed by atoms with Crippen LogP contribution in [0.15, 0.2) is 12.4 Å². The van der Waals surface area contributed by atoms with Gasteiger partial charge in [0.05, 0.1) is 19.5 Å². The maximum Gasteiger partial charge on any atom is 0.233 e. The van der Waals surface area contributed by atoms with Gasteiger partial charge in [0.15, 0.2) is 0 Å². The summed E-state index contributed by atoms with van der Waals surface area (Å²) in [7, 11) is 1.58. The van der Waals surface area contributed by atoms with Gasteiger partial charge in [0.1, 0.15) is 5.82 Å². The summed E-state index contributed by atoms with van der Waals surface area (Å²) in [4.78, 5) is 8.20. The van der Waals surface area contributed by atoms with Crippen LogP contribution in [0.3, 0.4) is 0 Å². The number of ether oxygens (including phenoxy) is 1. The molecule has 0 aliphatic heterocycles. The molecule has 0 bridgehead atoms. The van der Waals surface area contributed by atoms with E-state index in [1.807, 2.05) is 0 Å². The number of alkyl halides is 1. The fourth-order valence-electron chi connectivity index (χ4n) is 1.39. The van der Waals surface area contributed by atoms with Crippen LogP contribution in [-0.4, -0.2) is 28.5 Å². The lowest BCUT2D eigenvalue weighted by Crippen LogP contribution is -2.36. The second kappa shape index (κ2) is 4.00. The first-order valence-electron chi connectivity index (χ1n) is 4.54. The van der Waals surface area contributed by atoms with E-state index in [4.69, 9.17) is 16.3 Å². The van der Waals surface area contributed by atoms with Crippen molar-refractivity contribution in [2.24, 2.45) is 0 Å². The molecule has 1 N–H and O–H groups in total. The van der Waals surface area contributed by atoms with Gasteiger partial charge in [-0.3, -0.25) is 4.98 Å². The molecule has 1 aliphatic carbocycles. The largest absolute Gasteiger partial charge is 0.480 e. The van der Waals surface area contributed by atoms with Crippen molar-refractivity contribution in [3.63, 3.8) is 0 Å². The van der Waals surface area contributed by atoms with E-state index >= 15 is 0 Å². The van der Waals surface area contributed by atoms with Crippen molar-refractivity contribution in [2.45, 2.75) is 24.3 Å². The smallest absolute Gasteiger partial charge is 0.233 e. The summed E-state index contributed by atoms with van der Waals surface area (Å²) in [6.07, 6.45) is 5.24. The van der Waals surface area contributed by atoms with Crippen LogP contribution in [0.25, 0.3) is 0 Å². The Morgan fingerprint density at radius 3 is 2.93 bits per heavy atom. The molecular formula is C9H12ClN3O. The maximum atomic E-state index is 5.87. The molecular weight excluding hydrogens is 202 g/mol. The van der Waals surface area contributed by atoms with Gasteiger partial charge in [-0.05, 0) is 12.8 Å². The minimum atomic E-state index is 0.311. The van der Waals surface area contributed by atoms with E-state index in [-0.39, 0.29) is 0 Å². The lowest BCUT2D eigenvalue weighted by atomic mass is 9.92. The zero-order valence-electron chi connectivity index (χ0n) is 7.90. The van der Waals surface area contributed by atoms with E-state index in [0.29, 0.717) is 17.3 Å². The molecule has 1 heterocycles. The highest BCUT2D eigenvalue weighted by Crippen LogP contribution is 2.27. The minimum Gasteiger partial charge on any atom is -0.480 e. The van der Waals surface area contributed by atoms with Crippen molar-refractivity contribution in [3.8, 4) is 5.88 Å². The van der Waals surface area contributed by atoms with Crippen LogP contribution in [0.4, 0.5) is 5.82 Å². The first kappa shape index (κ1) is 9.52. The Labute approximate surface area is 87.7 Å². The predicted molar refractivity (Wildman–Crippen MR) is 54.9 cm³/mol. The van der Waals surface area contributed by atoms with Gasteiger partial charge in [-0.1, -0.05) is 0 Å². The monoisotopic (exact) mass is 213 g/mol. The minimum absolute atomic E-state index is 0.311. The molecule has 5 heteroatoms. The Kier molecular flexibility index (Phi) is 2.72. The lowest BCUT2D eigenvalue weighted by Gasteiger charge is -2.31. The molecule has 0 aromatic carbocycles. The van der Waals surface area contributed by atoms with E-state index in [1.165, 1.54) is 0 Å². The van der Waals surface area contributed by atoms with Crippen molar-refractivity contribution in [1.29, 1.82) is 0 Å². The quantitative estimate of drug-likeness (QED) is 0.776. The number of aromatic nitrogens is 2. The fraction of sp³-hybridized carbons (Fsp3) is 0.556. The summed E-state index contributed by atoms with van der Waals surface area (Å²) in [6.45, 7) is 0. The van der Waals surface area contributed by atoms with E-state index in [9.17, 15) is 0 Å². The van der Waals surface area contributed by atoms with Gasteiger partial charge in [0.25, 0.3) is 0 Å². The zero-order chi connectivity index (χ0) is 9.97. The molecule has 76 valence electrons. The summed E-state index contributed by atoms with van der Waals surface area (Å²) >= 11 is 5.87. The molecule has 0 atom stereocenters. The molecule has 1 aliphatic rings. The van der Waals surface area contributed by atoms with Crippen LogP contribution >= 0.6 is 11.6 Å². The van der Waals surface area contributed by atoms with Crippen LogP contribution in [-0.2, 0) is 0 Å². The van der Waals surface area contributed by atoms with Gasteiger partial charge in [0, 0.05) is 11.4 Å². The molecule has 0 radical (unpaired) electrons. The number of nitrogens with one attached hydrogen (secondary N) is 1. The average Bonchev–Trinajstić information content (AvgIpc) is 2.16. The van der Waals surface area contributed by atoms with Crippen molar-refractivity contribution < 1.29 is 4.74 Å². The van der Waals surface area contributed by atoms with Gasteiger partial charge in [0.2, 0.25) is 5.88 Å². The van der Waals surface area contributed by atoms with Crippen molar-refractivity contribution >= 4 is 17.4 Å². The van der Waals surface area contributed by atoms with Crippen LogP contribution < -0.4 is 10.1 Å². The Hall–Kier alpha value is -1.03. The second-order valence-electron chi connectivity index (χ2n) is 3.36. The van der Waals surface area contributed by atoms with E-state index in [2.05, 4.69) is 15.3 Å². The Bertz CT molecular complexity index is 315. The lowest BCUT2D eigenvalue weighted by molar-refractivity contribution is 0.395. The molecule has 1 aromatic heterocycles. The number of hydrogen-bond acceptors (Lipinski definition) is 4. The Morgan fingerprint density at radius 2 is 2.29 bits per heavy atom. The highest BCUT2D eigenvalue weighted by Gasteiger charge is 2.27. The van der Waals surface area contributed by atoms with Crippen LogP contribution in [0, 0.1) is 0 Å². The number of rotatable bonds is 3. The van der Waals surface area contributed by atoms with Crippen LogP contribution in [0.2, 0.25) is 0 Å². The predicted octanol–water partition coefficient (Wildman–Crippen LogP) is 1.67. The van der Waals surface area contributed by atoms with E-state index < -0.39 is 0 Å². The van der Waals surface area contributed by atoms with Gasteiger partial charge in [-0.25, -0.2) is 0 Å². The molecule has 0 amide bonds. The third-order valence-corrected chi connectivity index (χ3v) is 2.61. The molecule has 2 rings (SSSR count). The van der Waals surface area contributed by atoms with E-state index in [1.54, 1.807) is 19.5 Å². The number of hydrogen-bond donors (Lipinski definition) is 1. The molecule has 0 unspecified atom stereocenters. The summed E-state index contributed by atoms with van der Waals surface area (Å²) < 4.78 is 4.97. The second-order valence-corrected chi connectivity index (χ2v) is 3.97. The first-order valence-corrected chi connectivity index (χ1v) is 4.98. The zero-order valence-corrected chi connectivity index (χ0v) is 8.66. The summed E-state index contributed by atoms with van der Waals surface area (Å²) in [5, 5.41) is 3.56. The standard InChI is InChI=1S/C9H12ClN3O/c1-14-9-5-11-4-8(13-9)12-7-2-6(10)3-7/h4-7H,2-3H2,1H3,(H,12,13). The third-order valence-electron chi connectivity index (χ3n) is 2.25. The first-order chi connectivity index (χ1) is 6.78. The fourth-order valence-corrected chi connectivity index (χ4v) is 1.82. The normalized spacial score (nSPS) is 25.3. The molecule has 0 spiro atoms. The van der Waals surface area contributed by atoms with Gasteiger partial charge in [-0.15, -0.1) is 11.6 Å².